The molecule has 0 aromatic heterocycles. The van der Waals surface area contributed by atoms with Crippen LogP contribution >= 0.6 is 0 Å². The quantitative estimate of drug-likeness (QED) is 0.746. The van der Waals surface area contributed by atoms with Gasteiger partial charge in [-0.15, -0.1) is 0 Å². The topological polar surface area (TPSA) is 50.7 Å². The molecule has 0 aliphatic carbocycles. The number of hydrogen-bond acceptors (Lipinski definition) is 4. The Labute approximate surface area is 138 Å². The van der Waals surface area contributed by atoms with E-state index in [1.165, 1.54) is 0 Å². The first-order chi connectivity index (χ1) is 11.3. The van der Waals surface area contributed by atoms with Gasteiger partial charge in [-0.3, -0.25) is 0 Å². The lowest BCUT2D eigenvalue weighted by atomic mass is 10.0. The third-order valence-electron chi connectivity index (χ3n) is 3.65. The van der Waals surface area contributed by atoms with Crippen molar-refractivity contribution in [3.8, 4) is 11.5 Å². The van der Waals surface area contributed by atoms with Gasteiger partial charge in [0.15, 0.2) is 0 Å². The largest absolute Gasteiger partial charge is 0.497 e. The maximum absolute atomic E-state index is 9.85. The number of nitrogens with one attached hydrogen (secondary N) is 1. The highest BCUT2D eigenvalue weighted by molar-refractivity contribution is 5.31. The minimum Gasteiger partial charge on any atom is -0.497 e. The summed E-state index contributed by atoms with van der Waals surface area (Å²) in [5.74, 6) is 1.54. The average Bonchev–Trinajstić information content (AvgIpc) is 2.62. The molecule has 0 spiro atoms. The van der Waals surface area contributed by atoms with Crippen LogP contribution in [0, 0.1) is 0 Å². The average molecular weight is 315 g/mol. The van der Waals surface area contributed by atoms with Gasteiger partial charge in [0.25, 0.3) is 0 Å². The van der Waals surface area contributed by atoms with Gasteiger partial charge in [-0.25, -0.2) is 0 Å². The molecule has 2 N–H and O–H groups in total. The number of hydrogen-bond donors (Lipinski definition) is 2. The zero-order valence-electron chi connectivity index (χ0n) is 13.7. The van der Waals surface area contributed by atoms with Gasteiger partial charge in [-0.2, -0.15) is 0 Å². The Bertz CT molecular complexity index is 574. The van der Waals surface area contributed by atoms with Gasteiger partial charge < -0.3 is 19.9 Å². The first-order valence-electron chi connectivity index (χ1n) is 7.98. The zero-order chi connectivity index (χ0) is 16.5. The molecule has 2 aromatic rings. The van der Waals surface area contributed by atoms with Crippen LogP contribution in [0.1, 0.15) is 24.9 Å². The summed E-state index contributed by atoms with van der Waals surface area (Å²) in [5.41, 5.74) is 1.03. The maximum atomic E-state index is 9.85. The molecule has 23 heavy (non-hydrogen) atoms. The van der Waals surface area contributed by atoms with E-state index in [0.29, 0.717) is 0 Å². The van der Waals surface area contributed by atoms with Gasteiger partial charge in [0.2, 0.25) is 0 Å². The lowest BCUT2D eigenvalue weighted by Gasteiger charge is -2.28. The maximum Gasteiger partial charge on any atom is 0.141 e. The number of benzene rings is 2. The fraction of sp³-hybridized carbons (Fsp3) is 0.368. The molecule has 0 fully saturated rings. The Balaban J connectivity index is 2.23. The van der Waals surface area contributed by atoms with Crippen LogP contribution < -0.4 is 14.8 Å². The van der Waals surface area contributed by atoms with E-state index in [2.05, 4.69) is 12.2 Å². The highest BCUT2D eigenvalue weighted by atomic mass is 16.5. The summed E-state index contributed by atoms with van der Waals surface area (Å²) in [6.07, 6.45) is 0.625. The molecule has 0 saturated carbocycles. The van der Waals surface area contributed by atoms with E-state index in [1.54, 1.807) is 7.11 Å². The lowest BCUT2D eigenvalue weighted by molar-refractivity contribution is 0.0824. The Morgan fingerprint density at radius 3 is 2.43 bits per heavy atom. The SMILES string of the molecule is CCCN[C@@H](c1cccc(OC)c1)[C@H](CO)Oc1ccccc1. The molecule has 124 valence electrons. The summed E-state index contributed by atoms with van der Waals surface area (Å²) in [5, 5.41) is 13.3. The van der Waals surface area contributed by atoms with Crippen LogP contribution in [0.15, 0.2) is 54.6 Å². The predicted octanol–water partition coefficient (Wildman–Crippen LogP) is 3.18. The molecule has 2 atom stereocenters. The van der Waals surface area contributed by atoms with Crippen molar-refractivity contribution in [2.75, 3.05) is 20.3 Å². The van der Waals surface area contributed by atoms with E-state index < -0.39 is 0 Å². The Morgan fingerprint density at radius 1 is 1.04 bits per heavy atom. The second-order valence-corrected chi connectivity index (χ2v) is 5.36. The van der Waals surface area contributed by atoms with Crippen LogP contribution in [0.2, 0.25) is 0 Å². The first-order valence-corrected chi connectivity index (χ1v) is 7.98. The van der Waals surface area contributed by atoms with Crippen LogP contribution in [0.4, 0.5) is 0 Å². The van der Waals surface area contributed by atoms with Gasteiger partial charge in [0.1, 0.15) is 17.6 Å². The smallest absolute Gasteiger partial charge is 0.141 e. The van der Waals surface area contributed by atoms with Crippen molar-refractivity contribution in [2.45, 2.75) is 25.5 Å². The highest BCUT2D eigenvalue weighted by Crippen LogP contribution is 2.25. The molecular formula is C19H25NO3. The number of aliphatic hydroxyl groups excluding tert-OH is 1. The van der Waals surface area contributed by atoms with E-state index in [4.69, 9.17) is 9.47 Å². The fourth-order valence-corrected chi connectivity index (χ4v) is 2.48. The van der Waals surface area contributed by atoms with Crippen molar-refractivity contribution >= 4 is 0 Å². The van der Waals surface area contributed by atoms with Gasteiger partial charge >= 0.3 is 0 Å². The van der Waals surface area contributed by atoms with Gasteiger partial charge in [0.05, 0.1) is 19.8 Å². The van der Waals surface area contributed by atoms with Crippen molar-refractivity contribution in [1.82, 2.24) is 5.32 Å². The fourth-order valence-electron chi connectivity index (χ4n) is 2.48. The highest BCUT2D eigenvalue weighted by Gasteiger charge is 2.24. The minimum atomic E-state index is -0.379. The van der Waals surface area contributed by atoms with Crippen LogP contribution in [-0.4, -0.2) is 31.5 Å². The number of methoxy groups -OCH3 is 1. The van der Waals surface area contributed by atoms with Crippen molar-refractivity contribution in [3.05, 3.63) is 60.2 Å². The summed E-state index contributed by atoms with van der Waals surface area (Å²) in [6, 6.07) is 17.3. The summed E-state index contributed by atoms with van der Waals surface area (Å²) < 4.78 is 11.3. The minimum absolute atomic E-state index is 0.0759. The normalized spacial score (nSPS) is 13.3. The monoisotopic (exact) mass is 315 g/mol. The van der Waals surface area contributed by atoms with E-state index in [0.717, 1.165) is 30.0 Å². The van der Waals surface area contributed by atoms with Crippen molar-refractivity contribution in [3.63, 3.8) is 0 Å². The molecule has 0 aliphatic heterocycles. The number of aliphatic hydroxyl groups is 1. The Morgan fingerprint density at radius 2 is 1.78 bits per heavy atom. The van der Waals surface area contributed by atoms with Crippen LogP contribution in [0.25, 0.3) is 0 Å². The summed E-state index contributed by atoms with van der Waals surface area (Å²) in [4.78, 5) is 0. The Kier molecular flexibility index (Phi) is 6.91. The molecule has 4 heteroatoms. The standard InChI is InChI=1S/C19H25NO3/c1-3-12-20-19(15-8-7-11-17(13-15)22-2)18(14-21)23-16-9-5-4-6-10-16/h4-11,13,18-21H,3,12,14H2,1-2H3/t18-,19-/m0/s1. The third kappa shape index (κ3) is 4.98. The number of ether oxygens (including phenoxy) is 2. The van der Waals surface area contributed by atoms with E-state index in [9.17, 15) is 5.11 Å². The Hall–Kier alpha value is -2.04. The summed E-state index contributed by atoms with van der Waals surface area (Å²) in [7, 11) is 1.65. The lowest BCUT2D eigenvalue weighted by Crippen LogP contribution is -2.38. The molecule has 0 radical (unpaired) electrons. The molecule has 2 aromatic carbocycles. The van der Waals surface area contributed by atoms with Gasteiger partial charge in [0, 0.05) is 0 Å². The summed E-state index contributed by atoms with van der Waals surface area (Å²) >= 11 is 0. The van der Waals surface area contributed by atoms with Crippen molar-refractivity contribution < 1.29 is 14.6 Å². The van der Waals surface area contributed by atoms with Crippen LogP contribution in [0.5, 0.6) is 11.5 Å². The molecule has 0 heterocycles. The third-order valence-corrected chi connectivity index (χ3v) is 3.65. The second kappa shape index (κ2) is 9.18. The van der Waals surface area contributed by atoms with Crippen LogP contribution in [0.3, 0.4) is 0 Å². The number of para-hydroxylation sites is 1. The molecule has 0 unspecified atom stereocenters. The molecule has 0 bridgehead atoms. The van der Waals surface area contributed by atoms with E-state index >= 15 is 0 Å². The van der Waals surface area contributed by atoms with E-state index in [-0.39, 0.29) is 18.8 Å². The van der Waals surface area contributed by atoms with Crippen molar-refractivity contribution in [2.24, 2.45) is 0 Å². The summed E-state index contributed by atoms with van der Waals surface area (Å²) in [6.45, 7) is 2.88. The van der Waals surface area contributed by atoms with E-state index in [1.807, 2.05) is 54.6 Å². The van der Waals surface area contributed by atoms with Crippen LogP contribution in [-0.2, 0) is 0 Å². The molecule has 0 amide bonds. The molecule has 4 nitrogen and oxygen atoms in total. The molecular weight excluding hydrogens is 290 g/mol. The predicted molar refractivity (Wildman–Crippen MR) is 92.0 cm³/mol. The van der Waals surface area contributed by atoms with Gasteiger partial charge in [-0.05, 0) is 42.8 Å². The number of rotatable bonds is 9. The first kappa shape index (κ1) is 17.3. The molecule has 2 rings (SSSR count). The second-order valence-electron chi connectivity index (χ2n) is 5.36. The zero-order valence-corrected chi connectivity index (χ0v) is 13.7. The van der Waals surface area contributed by atoms with Gasteiger partial charge in [-0.1, -0.05) is 37.3 Å². The molecule has 0 saturated heterocycles. The van der Waals surface area contributed by atoms with Crippen molar-refractivity contribution in [1.29, 1.82) is 0 Å². The molecule has 0 aliphatic rings.